The number of nitrogens with zero attached hydrogens (tertiary/aromatic N) is 2. The molecule has 1 atom stereocenters. The topological polar surface area (TPSA) is 43.8 Å². The third-order valence-electron chi connectivity index (χ3n) is 4.27. The summed E-state index contributed by atoms with van der Waals surface area (Å²) in [5.74, 6) is -1.29. The summed E-state index contributed by atoms with van der Waals surface area (Å²) in [6.45, 7) is 2.65. The second kappa shape index (κ2) is 7.20. The molecule has 1 saturated heterocycles. The molecular formula is C18H18ClFN2O2. The van der Waals surface area contributed by atoms with Gasteiger partial charge in [0.05, 0.1) is 0 Å². The fourth-order valence-electron chi connectivity index (χ4n) is 3.07. The minimum Gasteiger partial charge on any atom is -0.480 e. The van der Waals surface area contributed by atoms with Crippen LogP contribution in [-0.2, 0) is 4.79 Å². The Balaban J connectivity index is 1.72. The number of benzene rings is 2. The SMILES string of the molecule is O=C(O)[C@@H](c1ccc(F)cc1)N1CCN(c2cccc(Cl)c2)CC1. The standard InChI is InChI=1S/C18H18ClFN2O2/c19-14-2-1-3-16(12-14)21-8-10-22(11-9-21)17(18(23)24)13-4-6-15(20)7-5-13/h1-7,12,17H,8-11H2,(H,23,24)/t17-/m1/s1. The van der Waals surface area contributed by atoms with E-state index >= 15 is 0 Å². The molecule has 0 amide bonds. The summed E-state index contributed by atoms with van der Waals surface area (Å²) in [4.78, 5) is 15.8. The van der Waals surface area contributed by atoms with Crippen molar-refractivity contribution in [1.29, 1.82) is 0 Å². The van der Waals surface area contributed by atoms with Crippen LogP contribution in [0, 0.1) is 5.82 Å². The average Bonchev–Trinajstić information content (AvgIpc) is 2.57. The molecule has 1 aliphatic heterocycles. The minimum absolute atomic E-state index is 0.367. The van der Waals surface area contributed by atoms with E-state index in [1.807, 2.05) is 29.2 Å². The molecule has 4 nitrogen and oxygen atoms in total. The van der Waals surface area contributed by atoms with Crippen molar-refractivity contribution in [2.45, 2.75) is 6.04 Å². The minimum atomic E-state index is -0.919. The van der Waals surface area contributed by atoms with Crippen molar-refractivity contribution in [3.8, 4) is 0 Å². The molecule has 2 aromatic carbocycles. The van der Waals surface area contributed by atoms with Crippen LogP contribution in [0.3, 0.4) is 0 Å². The van der Waals surface area contributed by atoms with E-state index in [0.717, 1.165) is 5.69 Å². The number of halogens is 2. The summed E-state index contributed by atoms with van der Waals surface area (Å²) in [6.07, 6.45) is 0. The number of rotatable bonds is 4. The fraction of sp³-hybridized carbons (Fsp3) is 0.278. The molecule has 0 unspecified atom stereocenters. The lowest BCUT2D eigenvalue weighted by Gasteiger charge is -2.39. The van der Waals surface area contributed by atoms with Gasteiger partial charge >= 0.3 is 5.97 Å². The van der Waals surface area contributed by atoms with Gasteiger partial charge in [0.15, 0.2) is 0 Å². The molecule has 1 heterocycles. The number of carbonyl (C=O) groups is 1. The van der Waals surface area contributed by atoms with Crippen molar-refractivity contribution in [2.75, 3.05) is 31.1 Å². The molecule has 2 aromatic rings. The number of hydrogen-bond donors (Lipinski definition) is 1. The number of aliphatic carboxylic acids is 1. The van der Waals surface area contributed by atoms with Crippen LogP contribution in [0.25, 0.3) is 0 Å². The maximum absolute atomic E-state index is 13.1. The first kappa shape index (κ1) is 16.7. The van der Waals surface area contributed by atoms with Gasteiger partial charge < -0.3 is 10.0 Å². The third kappa shape index (κ3) is 3.68. The van der Waals surface area contributed by atoms with E-state index in [1.54, 1.807) is 0 Å². The van der Waals surface area contributed by atoms with Crippen LogP contribution >= 0.6 is 11.6 Å². The Morgan fingerprint density at radius 2 is 1.75 bits per heavy atom. The average molecular weight is 349 g/mol. The van der Waals surface area contributed by atoms with Crippen LogP contribution < -0.4 is 4.90 Å². The highest BCUT2D eigenvalue weighted by Crippen LogP contribution is 2.26. The smallest absolute Gasteiger partial charge is 0.325 e. The van der Waals surface area contributed by atoms with Crippen molar-refractivity contribution in [3.63, 3.8) is 0 Å². The summed E-state index contributed by atoms with van der Waals surface area (Å²) >= 11 is 6.03. The first-order chi connectivity index (χ1) is 11.5. The highest BCUT2D eigenvalue weighted by atomic mass is 35.5. The van der Waals surface area contributed by atoms with E-state index in [0.29, 0.717) is 36.8 Å². The fourth-order valence-corrected chi connectivity index (χ4v) is 3.25. The number of hydrogen-bond acceptors (Lipinski definition) is 3. The van der Waals surface area contributed by atoms with Crippen LogP contribution in [0.1, 0.15) is 11.6 Å². The molecule has 24 heavy (non-hydrogen) atoms. The van der Waals surface area contributed by atoms with E-state index in [-0.39, 0.29) is 5.82 Å². The van der Waals surface area contributed by atoms with Gasteiger partial charge in [0.2, 0.25) is 0 Å². The Morgan fingerprint density at radius 1 is 1.08 bits per heavy atom. The summed E-state index contributed by atoms with van der Waals surface area (Å²) in [5, 5.41) is 10.3. The van der Waals surface area contributed by atoms with Crippen molar-refractivity contribution >= 4 is 23.3 Å². The highest BCUT2D eigenvalue weighted by Gasteiger charge is 2.30. The Labute approximate surface area is 145 Å². The van der Waals surface area contributed by atoms with Crippen molar-refractivity contribution in [3.05, 3.63) is 64.9 Å². The van der Waals surface area contributed by atoms with Crippen LogP contribution in [0.4, 0.5) is 10.1 Å². The lowest BCUT2D eigenvalue weighted by molar-refractivity contribution is -0.143. The molecular weight excluding hydrogens is 331 g/mol. The molecule has 1 fully saturated rings. The first-order valence-corrected chi connectivity index (χ1v) is 8.15. The number of anilines is 1. The molecule has 0 aromatic heterocycles. The van der Waals surface area contributed by atoms with E-state index in [9.17, 15) is 14.3 Å². The van der Waals surface area contributed by atoms with Crippen molar-refractivity contribution in [1.82, 2.24) is 4.90 Å². The zero-order chi connectivity index (χ0) is 17.1. The van der Waals surface area contributed by atoms with Crippen molar-refractivity contribution in [2.24, 2.45) is 0 Å². The van der Waals surface area contributed by atoms with Crippen molar-refractivity contribution < 1.29 is 14.3 Å². The van der Waals surface area contributed by atoms with Gasteiger partial charge in [-0.15, -0.1) is 0 Å². The van der Waals surface area contributed by atoms with E-state index in [2.05, 4.69) is 4.90 Å². The van der Waals surface area contributed by atoms with Gasteiger partial charge in [-0.05, 0) is 35.9 Å². The monoisotopic (exact) mass is 348 g/mol. The molecule has 6 heteroatoms. The summed E-state index contributed by atoms with van der Waals surface area (Å²) in [5.41, 5.74) is 1.64. The number of piperazine rings is 1. The van der Waals surface area contributed by atoms with Gasteiger partial charge in [0.1, 0.15) is 11.9 Å². The van der Waals surface area contributed by atoms with Crippen LogP contribution in [0.2, 0.25) is 5.02 Å². The molecule has 1 aliphatic rings. The third-order valence-corrected chi connectivity index (χ3v) is 4.51. The Morgan fingerprint density at radius 3 is 2.33 bits per heavy atom. The quantitative estimate of drug-likeness (QED) is 0.919. The molecule has 0 bridgehead atoms. The van der Waals surface area contributed by atoms with Gasteiger partial charge in [-0.25, -0.2) is 4.39 Å². The molecule has 126 valence electrons. The Bertz CT molecular complexity index is 715. The summed E-state index contributed by atoms with van der Waals surface area (Å²) in [6, 6.07) is 12.6. The zero-order valence-electron chi connectivity index (χ0n) is 13.0. The summed E-state index contributed by atoms with van der Waals surface area (Å²) < 4.78 is 13.1. The predicted molar refractivity (Wildman–Crippen MR) is 92.0 cm³/mol. The second-order valence-corrected chi connectivity index (χ2v) is 6.23. The second-order valence-electron chi connectivity index (χ2n) is 5.80. The van der Waals surface area contributed by atoms with Crippen LogP contribution in [-0.4, -0.2) is 42.2 Å². The molecule has 0 radical (unpaired) electrons. The largest absolute Gasteiger partial charge is 0.480 e. The maximum atomic E-state index is 13.1. The van der Waals surface area contributed by atoms with Crippen LogP contribution in [0.5, 0.6) is 0 Å². The molecule has 0 aliphatic carbocycles. The van der Waals surface area contributed by atoms with E-state index in [4.69, 9.17) is 11.6 Å². The molecule has 1 N–H and O–H groups in total. The Hall–Kier alpha value is -2.11. The van der Waals surface area contributed by atoms with Gasteiger partial charge in [0.25, 0.3) is 0 Å². The van der Waals surface area contributed by atoms with Crippen LogP contribution in [0.15, 0.2) is 48.5 Å². The highest BCUT2D eigenvalue weighted by molar-refractivity contribution is 6.30. The first-order valence-electron chi connectivity index (χ1n) is 7.77. The van der Waals surface area contributed by atoms with Gasteiger partial charge in [-0.2, -0.15) is 0 Å². The number of carboxylic acids is 1. The lowest BCUT2D eigenvalue weighted by atomic mass is 10.0. The van der Waals surface area contributed by atoms with E-state index in [1.165, 1.54) is 24.3 Å². The van der Waals surface area contributed by atoms with Gasteiger partial charge in [0, 0.05) is 36.9 Å². The molecule has 3 rings (SSSR count). The molecule has 0 spiro atoms. The normalized spacial score (nSPS) is 16.8. The Kier molecular flexibility index (Phi) is 5.02. The summed E-state index contributed by atoms with van der Waals surface area (Å²) in [7, 11) is 0. The number of carboxylic acid groups (broad SMARTS) is 1. The predicted octanol–water partition coefficient (Wildman–Crippen LogP) is 3.43. The maximum Gasteiger partial charge on any atom is 0.325 e. The molecule has 0 saturated carbocycles. The van der Waals surface area contributed by atoms with Gasteiger partial charge in [-0.1, -0.05) is 29.8 Å². The van der Waals surface area contributed by atoms with Gasteiger partial charge in [-0.3, -0.25) is 9.69 Å². The van der Waals surface area contributed by atoms with E-state index < -0.39 is 12.0 Å². The zero-order valence-corrected chi connectivity index (χ0v) is 13.8. The lowest BCUT2D eigenvalue weighted by Crippen LogP contribution is -2.49.